The van der Waals surface area contributed by atoms with E-state index < -0.39 is 28.6 Å². The van der Waals surface area contributed by atoms with E-state index in [2.05, 4.69) is 0 Å². The molecule has 3 saturated carbocycles. The summed E-state index contributed by atoms with van der Waals surface area (Å²) in [5.74, 6) is -0.918. The molecule has 8 atom stereocenters. The highest BCUT2D eigenvalue weighted by molar-refractivity contribution is 5.92. The zero-order valence-corrected chi connectivity index (χ0v) is 15.6. The van der Waals surface area contributed by atoms with Crippen LogP contribution in [0.1, 0.15) is 46.5 Å². The number of aliphatic hydroxyl groups excluding tert-OH is 2. The molecule has 4 rings (SSSR count). The molecule has 0 spiro atoms. The van der Waals surface area contributed by atoms with E-state index in [9.17, 15) is 24.9 Å². The van der Waals surface area contributed by atoms with Crippen LogP contribution >= 0.6 is 0 Å². The average molecular weight is 360 g/mol. The first-order valence-electron chi connectivity index (χ1n) is 9.61. The number of hydrogen-bond acceptors (Lipinski definition) is 5. The molecular weight excluding hydrogens is 332 g/mol. The summed E-state index contributed by atoms with van der Waals surface area (Å²) in [7, 11) is 0. The van der Waals surface area contributed by atoms with Crippen molar-refractivity contribution >= 4 is 11.6 Å². The zero-order valence-electron chi connectivity index (χ0n) is 15.6. The maximum Gasteiger partial charge on any atom is 0.169 e. The summed E-state index contributed by atoms with van der Waals surface area (Å²) in [5.41, 5.74) is -1.90. The Morgan fingerprint density at radius 1 is 1.15 bits per heavy atom. The molecule has 0 aromatic carbocycles. The van der Waals surface area contributed by atoms with Crippen molar-refractivity contribution in [1.29, 1.82) is 0 Å². The fourth-order valence-electron chi connectivity index (χ4n) is 6.68. The lowest BCUT2D eigenvalue weighted by atomic mass is 9.46. The van der Waals surface area contributed by atoms with E-state index in [4.69, 9.17) is 0 Å². The zero-order chi connectivity index (χ0) is 19.1. The van der Waals surface area contributed by atoms with E-state index in [1.54, 1.807) is 12.2 Å². The highest BCUT2D eigenvalue weighted by atomic mass is 16.3. The van der Waals surface area contributed by atoms with Gasteiger partial charge in [0.25, 0.3) is 0 Å². The van der Waals surface area contributed by atoms with Crippen LogP contribution in [0.15, 0.2) is 23.8 Å². The van der Waals surface area contributed by atoms with Gasteiger partial charge in [-0.3, -0.25) is 9.59 Å². The Bertz CT molecular complexity index is 739. The highest BCUT2D eigenvalue weighted by Gasteiger charge is 2.68. The van der Waals surface area contributed by atoms with Crippen LogP contribution in [0.2, 0.25) is 0 Å². The summed E-state index contributed by atoms with van der Waals surface area (Å²) in [6, 6.07) is 0. The van der Waals surface area contributed by atoms with Crippen LogP contribution < -0.4 is 0 Å². The van der Waals surface area contributed by atoms with Crippen molar-refractivity contribution in [3.05, 3.63) is 23.8 Å². The van der Waals surface area contributed by atoms with Crippen LogP contribution in [0, 0.1) is 28.6 Å². The van der Waals surface area contributed by atoms with Crippen molar-refractivity contribution in [3.8, 4) is 0 Å². The molecule has 0 heterocycles. The fraction of sp³-hybridized carbons (Fsp3) is 0.714. The largest absolute Gasteiger partial charge is 0.385 e. The molecule has 4 aliphatic carbocycles. The molecule has 5 heteroatoms. The Morgan fingerprint density at radius 2 is 1.81 bits per heavy atom. The van der Waals surface area contributed by atoms with E-state index in [0.717, 1.165) is 0 Å². The van der Waals surface area contributed by atoms with E-state index in [1.807, 2.05) is 19.9 Å². The number of Topliss-reactive ketones (excluding diaryl/α,β-unsaturated/α-hetero) is 2. The van der Waals surface area contributed by atoms with Crippen molar-refractivity contribution in [3.63, 3.8) is 0 Å². The van der Waals surface area contributed by atoms with Crippen LogP contribution in [-0.2, 0) is 9.59 Å². The smallest absolute Gasteiger partial charge is 0.169 e. The SMILES string of the molecule is CC(=O)[C@@]1(O)CC[C@H]2[C@@H]3C(=O)[C@H](O)C4=C[C@@H](O)C=C[C@]4(C)[C@H]3CC[C@@]21C. The quantitative estimate of drug-likeness (QED) is 0.617. The average Bonchev–Trinajstić information content (AvgIpc) is 2.87. The minimum Gasteiger partial charge on any atom is -0.385 e. The van der Waals surface area contributed by atoms with Crippen LogP contribution in [0.25, 0.3) is 0 Å². The van der Waals surface area contributed by atoms with Gasteiger partial charge in [-0.25, -0.2) is 0 Å². The van der Waals surface area contributed by atoms with Gasteiger partial charge >= 0.3 is 0 Å². The Morgan fingerprint density at radius 3 is 2.46 bits per heavy atom. The van der Waals surface area contributed by atoms with Crippen molar-refractivity contribution in [1.82, 2.24) is 0 Å². The van der Waals surface area contributed by atoms with Gasteiger partial charge in [0.2, 0.25) is 0 Å². The molecule has 0 aromatic heterocycles. The third kappa shape index (κ3) is 1.97. The maximum atomic E-state index is 13.2. The fourth-order valence-corrected chi connectivity index (χ4v) is 6.68. The Hall–Kier alpha value is -1.30. The molecule has 0 unspecified atom stereocenters. The third-order valence-corrected chi connectivity index (χ3v) is 8.28. The predicted octanol–water partition coefficient (Wildman–Crippen LogP) is 1.56. The molecule has 0 amide bonds. The molecule has 0 aliphatic heterocycles. The first-order chi connectivity index (χ1) is 12.1. The van der Waals surface area contributed by atoms with E-state index in [0.29, 0.717) is 31.3 Å². The molecule has 0 aromatic rings. The van der Waals surface area contributed by atoms with Crippen LogP contribution in [-0.4, -0.2) is 44.7 Å². The number of carbonyl (C=O) groups is 2. The van der Waals surface area contributed by atoms with Gasteiger partial charge in [-0.2, -0.15) is 0 Å². The first kappa shape index (κ1) is 18.1. The summed E-state index contributed by atoms with van der Waals surface area (Å²) in [6.45, 7) is 5.41. The molecular formula is C21H28O5. The molecule has 4 aliphatic rings. The Kier molecular flexibility index (Phi) is 3.73. The highest BCUT2D eigenvalue weighted by Crippen LogP contribution is 2.66. The monoisotopic (exact) mass is 360 g/mol. The third-order valence-electron chi connectivity index (χ3n) is 8.28. The topological polar surface area (TPSA) is 94.8 Å². The van der Waals surface area contributed by atoms with Gasteiger partial charge in [0.1, 0.15) is 11.7 Å². The number of aliphatic hydroxyl groups is 3. The summed E-state index contributed by atoms with van der Waals surface area (Å²) in [4.78, 5) is 25.4. The molecule has 142 valence electrons. The minimum absolute atomic E-state index is 0.0146. The lowest BCUT2D eigenvalue weighted by molar-refractivity contribution is -0.166. The molecule has 26 heavy (non-hydrogen) atoms. The lowest BCUT2D eigenvalue weighted by Gasteiger charge is -2.58. The van der Waals surface area contributed by atoms with Gasteiger partial charge < -0.3 is 15.3 Å². The molecule has 0 radical (unpaired) electrons. The van der Waals surface area contributed by atoms with Crippen LogP contribution in [0.3, 0.4) is 0 Å². The van der Waals surface area contributed by atoms with Crippen molar-refractivity contribution in [2.45, 2.75) is 64.3 Å². The standard InChI is InChI=1S/C21H28O5/c1-11(22)21(26)9-6-14-16-13(5-8-20(14,21)3)19(2)7-4-12(23)10-15(19)17(24)18(16)25/h4,7,10,12-14,16-17,23-24,26H,5-6,8-9H2,1-3H3/t12-,13-,14-,16+,17+,19+,20-,21-/m0/s1. The number of carbonyl (C=O) groups excluding carboxylic acids is 2. The number of allylic oxidation sites excluding steroid dienone is 1. The molecule has 0 bridgehead atoms. The Balaban J connectivity index is 1.80. The second-order valence-electron chi connectivity index (χ2n) is 9.21. The van der Waals surface area contributed by atoms with E-state index in [1.165, 1.54) is 6.92 Å². The summed E-state index contributed by atoms with van der Waals surface area (Å²) in [6.07, 6.45) is 5.64. The van der Waals surface area contributed by atoms with E-state index in [-0.39, 0.29) is 29.3 Å². The van der Waals surface area contributed by atoms with Crippen LogP contribution in [0.5, 0.6) is 0 Å². The van der Waals surface area contributed by atoms with Gasteiger partial charge in [0.15, 0.2) is 11.6 Å². The van der Waals surface area contributed by atoms with Crippen molar-refractivity contribution in [2.75, 3.05) is 0 Å². The molecule has 5 nitrogen and oxygen atoms in total. The predicted molar refractivity (Wildman–Crippen MR) is 95.0 cm³/mol. The normalized spacial score (nSPS) is 52.8. The minimum atomic E-state index is -1.39. The second kappa shape index (κ2) is 5.37. The van der Waals surface area contributed by atoms with Gasteiger partial charge in [-0.15, -0.1) is 0 Å². The maximum absolute atomic E-state index is 13.2. The summed E-state index contributed by atoms with van der Waals surface area (Å²) < 4.78 is 0. The van der Waals surface area contributed by atoms with E-state index >= 15 is 0 Å². The van der Waals surface area contributed by atoms with Gasteiger partial charge in [-0.1, -0.05) is 26.0 Å². The number of fused-ring (bicyclic) bond motifs is 5. The van der Waals surface area contributed by atoms with Crippen molar-refractivity contribution < 1.29 is 24.9 Å². The summed E-state index contributed by atoms with van der Waals surface area (Å²) in [5, 5.41) is 31.8. The Labute approximate surface area is 153 Å². The molecule has 3 N–H and O–H groups in total. The number of hydrogen-bond donors (Lipinski definition) is 3. The first-order valence-corrected chi connectivity index (χ1v) is 9.61. The van der Waals surface area contributed by atoms with Gasteiger partial charge in [0.05, 0.1) is 6.10 Å². The van der Waals surface area contributed by atoms with Crippen LogP contribution in [0.4, 0.5) is 0 Å². The summed E-state index contributed by atoms with van der Waals surface area (Å²) >= 11 is 0. The lowest BCUT2D eigenvalue weighted by Crippen LogP contribution is -2.61. The molecule has 0 saturated heterocycles. The van der Waals surface area contributed by atoms with Gasteiger partial charge in [-0.05, 0) is 56.1 Å². The molecule has 3 fully saturated rings. The number of rotatable bonds is 1. The second-order valence-corrected chi connectivity index (χ2v) is 9.21. The number of ketones is 2. The van der Waals surface area contributed by atoms with Crippen molar-refractivity contribution in [2.24, 2.45) is 28.6 Å². The van der Waals surface area contributed by atoms with Gasteiger partial charge in [0, 0.05) is 16.7 Å².